The number of thioether (sulfide) groups is 1. The topological polar surface area (TPSA) is 56.1 Å². The van der Waals surface area contributed by atoms with Crippen LogP contribution >= 0.6 is 11.8 Å². The summed E-state index contributed by atoms with van der Waals surface area (Å²) in [7, 11) is 2.04. The van der Waals surface area contributed by atoms with Gasteiger partial charge in [0, 0.05) is 30.4 Å². The van der Waals surface area contributed by atoms with Gasteiger partial charge in [0.2, 0.25) is 5.91 Å². The second kappa shape index (κ2) is 8.62. The van der Waals surface area contributed by atoms with Gasteiger partial charge in [-0.15, -0.1) is 0 Å². The predicted octanol–water partition coefficient (Wildman–Crippen LogP) is 2.57. The van der Waals surface area contributed by atoms with Crippen LogP contribution in [0.3, 0.4) is 0 Å². The summed E-state index contributed by atoms with van der Waals surface area (Å²) in [6.45, 7) is 2.90. The second-order valence-corrected chi connectivity index (χ2v) is 5.68. The van der Waals surface area contributed by atoms with Crippen LogP contribution in [0.4, 0.5) is 5.69 Å². The first-order valence-electron chi connectivity index (χ1n) is 6.56. The van der Waals surface area contributed by atoms with E-state index in [2.05, 4.69) is 29.5 Å². The van der Waals surface area contributed by atoms with Gasteiger partial charge in [0.25, 0.3) is 0 Å². The van der Waals surface area contributed by atoms with Crippen molar-refractivity contribution < 1.29 is 4.79 Å². The molecule has 1 aromatic rings. The van der Waals surface area contributed by atoms with Gasteiger partial charge in [0.05, 0.1) is 11.6 Å². The van der Waals surface area contributed by atoms with Crippen LogP contribution in [-0.4, -0.2) is 42.4 Å². The number of nitrogens with zero attached hydrogens (tertiary/aromatic N) is 2. The van der Waals surface area contributed by atoms with Crippen molar-refractivity contribution in [2.24, 2.45) is 0 Å². The molecule has 4 nitrogen and oxygen atoms in total. The highest BCUT2D eigenvalue weighted by Crippen LogP contribution is 2.09. The molecule has 1 atom stereocenters. The molecule has 0 bridgehead atoms. The molecule has 1 N–H and O–H groups in total. The lowest BCUT2D eigenvalue weighted by molar-refractivity contribution is -0.116. The van der Waals surface area contributed by atoms with E-state index in [0.29, 0.717) is 18.0 Å². The van der Waals surface area contributed by atoms with E-state index in [1.165, 1.54) is 0 Å². The Hall–Kier alpha value is -1.51. The Labute approximate surface area is 125 Å². The van der Waals surface area contributed by atoms with Crippen LogP contribution in [0, 0.1) is 11.3 Å². The molecule has 0 aliphatic rings. The van der Waals surface area contributed by atoms with Gasteiger partial charge in [-0.3, -0.25) is 4.79 Å². The standard InChI is InChI=1S/C15H21N3OS/c1-12(11-20-3)18(2)9-8-15(19)17-14-6-4-13(10-16)5-7-14/h4-7,12H,8-9,11H2,1-3H3,(H,17,19). The highest BCUT2D eigenvalue weighted by atomic mass is 32.2. The number of benzene rings is 1. The minimum atomic E-state index is -0.00194. The van der Waals surface area contributed by atoms with Crippen LogP contribution in [0.25, 0.3) is 0 Å². The molecule has 1 rings (SSSR count). The van der Waals surface area contributed by atoms with Gasteiger partial charge in [-0.2, -0.15) is 17.0 Å². The van der Waals surface area contributed by atoms with Gasteiger partial charge in [0.1, 0.15) is 0 Å². The van der Waals surface area contributed by atoms with E-state index in [1.807, 2.05) is 18.8 Å². The average Bonchev–Trinajstić information content (AvgIpc) is 2.45. The van der Waals surface area contributed by atoms with Crippen molar-refractivity contribution in [2.75, 3.05) is 30.9 Å². The zero-order chi connectivity index (χ0) is 15.0. The maximum atomic E-state index is 11.8. The largest absolute Gasteiger partial charge is 0.326 e. The van der Waals surface area contributed by atoms with Crippen molar-refractivity contribution in [3.05, 3.63) is 29.8 Å². The molecule has 0 aliphatic heterocycles. The Kier molecular flexibility index (Phi) is 7.13. The fourth-order valence-corrected chi connectivity index (χ4v) is 2.46. The summed E-state index contributed by atoms with van der Waals surface area (Å²) in [5.41, 5.74) is 1.32. The number of hydrogen-bond acceptors (Lipinski definition) is 4. The van der Waals surface area contributed by atoms with Crippen molar-refractivity contribution in [2.45, 2.75) is 19.4 Å². The molecule has 5 heteroatoms. The molecule has 0 heterocycles. The molecule has 0 radical (unpaired) electrons. The van der Waals surface area contributed by atoms with Crippen molar-refractivity contribution in [1.29, 1.82) is 5.26 Å². The Morgan fingerprint density at radius 2 is 2.10 bits per heavy atom. The summed E-state index contributed by atoms with van der Waals surface area (Å²) in [6.07, 6.45) is 2.55. The van der Waals surface area contributed by atoms with Gasteiger partial charge in [-0.25, -0.2) is 0 Å². The van der Waals surface area contributed by atoms with Crippen molar-refractivity contribution >= 4 is 23.4 Å². The Balaban J connectivity index is 2.38. The molecule has 0 saturated heterocycles. The lowest BCUT2D eigenvalue weighted by Gasteiger charge is -2.23. The molecule has 0 aromatic heterocycles. The third kappa shape index (κ3) is 5.64. The third-order valence-corrected chi connectivity index (χ3v) is 3.97. The van der Waals surface area contributed by atoms with Crippen LogP contribution in [0.1, 0.15) is 18.9 Å². The molecule has 0 saturated carbocycles. The number of carbonyl (C=O) groups is 1. The molecule has 0 spiro atoms. The molecule has 108 valence electrons. The number of carbonyl (C=O) groups excluding carboxylic acids is 1. The second-order valence-electron chi connectivity index (χ2n) is 4.77. The molecular formula is C15H21N3OS. The van der Waals surface area contributed by atoms with Crippen LogP contribution < -0.4 is 5.32 Å². The summed E-state index contributed by atoms with van der Waals surface area (Å²) in [4.78, 5) is 14.0. The van der Waals surface area contributed by atoms with Crippen molar-refractivity contribution in [3.8, 4) is 6.07 Å². The van der Waals surface area contributed by atoms with Gasteiger partial charge in [0.15, 0.2) is 0 Å². The summed E-state index contributed by atoms with van der Waals surface area (Å²) in [5.74, 6) is 1.06. The fraction of sp³-hybridized carbons (Fsp3) is 0.467. The Morgan fingerprint density at radius 3 is 2.65 bits per heavy atom. The summed E-state index contributed by atoms with van der Waals surface area (Å²) >= 11 is 1.81. The zero-order valence-corrected chi connectivity index (χ0v) is 13.0. The SMILES string of the molecule is CSCC(C)N(C)CCC(=O)Nc1ccc(C#N)cc1. The van der Waals surface area contributed by atoms with Gasteiger partial charge in [-0.1, -0.05) is 0 Å². The Bertz CT molecular complexity index is 467. The summed E-state index contributed by atoms with van der Waals surface area (Å²) in [5, 5.41) is 11.5. The lowest BCUT2D eigenvalue weighted by Crippen LogP contribution is -2.33. The molecule has 20 heavy (non-hydrogen) atoms. The first-order valence-corrected chi connectivity index (χ1v) is 7.95. The predicted molar refractivity (Wildman–Crippen MR) is 84.9 cm³/mol. The molecule has 1 aromatic carbocycles. The van der Waals surface area contributed by atoms with Gasteiger partial charge in [-0.05, 0) is 44.5 Å². The quantitative estimate of drug-likeness (QED) is 0.839. The van der Waals surface area contributed by atoms with E-state index in [4.69, 9.17) is 5.26 Å². The first-order chi connectivity index (χ1) is 9.56. The van der Waals surface area contributed by atoms with Crippen LogP contribution in [0.15, 0.2) is 24.3 Å². The van der Waals surface area contributed by atoms with Crippen molar-refractivity contribution in [3.63, 3.8) is 0 Å². The van der Waals surface area contributed by atoms with E-state index in [9.17, 15) is 4.79 Å². The Morgan fingerprint density at radius 1 is 1.45 bits per heavy atom. The van der Waals surface area contributed by atoms with E-state index in [0.717, 1.165) is 18.0 Å². The monoisotopic (exact) mass is 291 g/mol. The number of nitriles is 1. The summed E-state index contributed by atoms with van der Waals surface area (Å²) < 4.78 is 0. The molecule has 1 unspecified atom stereocenters. The van der Waals surface area contributed by atoms with E-state index in [-0.39, 0.29) is 5.91 Å². The average molecular weight is 291 g/mol. The zero-order valence-electron chi connectivity index (χ0n) is 12.2. The molecule has 0 aliphatic carbocycles. The van der Waals surface area contributed by atoms with Crippen molar-refractivity contribution in [1.82, 2.24) is 4.90 Å². The third-order valence-electron chi connectivity index (χ3n) is 3.15. The van der Waals surface area contributed by atoms with Crippen LogP contribution in [-0.2, 0) is 4.79 Å². The van der Waals surface area contributed by atoms with Gasteiger partial charge >= 0.3 is 0 Å². The smallest absolute Gasteiger partial charge is 0.225 e. The number of amides is 1. The van der Waals surface area contributed by atoms with E-state index >= 15 is 0 Å². The number of hydrogen-bond donors (Lipinski definition) is 1. The number of anilines is 1. The number of rotatable bonds is 7. The van der Waals surface area contributed by atoms with Crippen LogP contribution in [0.5, 0.6) is 0 Å². The lowest BCUT2D eigenvalue weighted by atomic mass is 10.2. The first kappa shape index (κ1) is 16.5. The van der Waals surface area contributed by atoms with Gasteiger partial charge < -0.3 is 10.2 Å². The minimum absolute atomic E-state index is 0.00194. The van der Waals surface area contributed by atoms with Crippen LogP contribution in [0.2, 0.25) is 0 Å². The highest BCUT2D eigenvalue weighted by Gasteiger charge is 2.10. The molecule has 1 amide bonds. The maximum Gasteiger partial charge on any atom is 0.225 e. The molecular weight excluding hydrogens is 270 g/mol. The van der Waals surface area contributed by atoms with E-state index in [1.54, 1.807) is 24.3 Å². The fourth-order valence-electron chi connectivity index (χ4n) is 1.72. The number of nitrogens with one attached hydrogen (secondary N) is 1. The normalized spacial score (nSPS) is 11.9. The minimum Gasteiger partial charge on any atom is -0.326 e. The van der Waals surface area contributed by atoms with E-state index < -0.39 is 0 Å². The summed E-state index contributed by atoms with van der Waals surface area (Å²) in [6, 6.07) is 9.40. The highest BCUT2D eigenvalue weighted by molar-refractivity contribution is 7.98. The molecule has 0 fully saturated rings. The maximum absolute atomic E-state index is 11.8.